The number of carbonyl (C=O) groups is 1. The lowest BCUT2D eigenvalue weighted by Gasteiger charge is -2.02. The van der Waals surface area contributed by atoms with Crippen molar-refractivity contribution in [2.24, 2.45) is 0 Å². The van der Waals surface area contributed by atoms with E-state index in [1.54, 1.807) is 12.1 Å². The Kier molecular flexibility index (Phi) is 3.62. The molecule has 18 heavy (non-hydrogen) atoms. The van der Waals surface area contributed by atoms with Crippen LogP contribution in [0.3, 0.4) is 0 Å². The first-order valence-corrected chi connectivity index (χ1v) is 6.64. The fourth-order valence-electron chi connectivity index (χ4n) is 1.54. The molecule has 2 aromatic rings. The molecule has 0 saturated heterocycles. The maximum atomic E-state index is 12.1. The first kappa shape index (κ1) is 12.6. The van der Waals surface area contributed by atoms with Gasteiger partial charge in [-0.25, -0.2) is 4.79 Å². The van der Waals surface area contributed by atoms with E-state index in [0.29, 0.717) is 4.90 Å². The number of furan rings is 1. The van der Waals surface area contributed by atoms with Crippen molar-refractivity contribution < 1.29 is 18.5 Å². The van der Waals surface area contributed by atoms with Crippen molar-refractivity contribution in [2.75, 3.05) is 0 Å². The van der Waals surface area contributed by atoms with Crippen LogP contribution in [0.4, 0.5) is 0 Å². The number of aryl methyl sites for hydroxylation is 1. The summed E-state index contributed by atoms with van der Waals surface area (Å²) < 4.78 is 17.1. The molecule has 2 rings (SSSR count). The van der Waals surface area contributed by atoms with Crippen LogP contribution < -0.4 is 0 Å². The van der Waals surface area contributed by atoms with Gasteiger partial charge in [0.25, 0.3) is 0 Å². The molecule has 0 aliphatic carbocycles. The Labute approximate surface area is 107 Å². The number of hydrogen-bond donors (Lipinski definition) is 1. The molecule has 0 radical (unpaired) electrons. The summed E-state index contributed by atoms with van der Waals surface area (Å²) >= 11 is 0. The highest BCUT2D eigenvalue weighted by molar-refractivity contribution is 7.84. The average Bonchev–Trinajstić information content (AvgIpc) is 2.78. The Balaban J connectivity index is 2.19. The smallest absolute Gasteiger partial charge is 0.339 e. The van der Waals surface area contributed by atoms with Crippen LogP contribution >= 0.6 is 0 Å². The van der Waals surface area contributed by atoms with Gasteiger partial charge in [-0.1, -0.05) is 17.7 Å². The van der Waals surface area contributed by atoms with Crippen molar-refractivity contribution >= 4 is 16.8 Å². The topological polar surface area (TPSA) is 67.5 Å². The number of carboxylic acids is 1. The van der Waals surface area contributed by atoms with Crippen molar-refractivity contribution in [1.82, 2.24) is 0 Å². The van der Waals surface area contributed by atoms with Crippen LogP contribution in [0.15, 0.2) is 45.9 Å². The molecule has 1 atom stereocenters. The third kappa shape index (κ3) is 2.68. The molecule has 0 bridgehead atoms. The molecule has 1 unspecified atom stereocenters. The maximum absolute atomic E-state index is 12.1. The van der Waals surface area contributed by atoms with Crippen LogP contribution in [0.1, 0.15) is 21.7 Å². The van der Waals surface area contributed by atoms with E-state index in [0.717, 1.165) is 5.56 Å². The minimum absolute atomic E-state index is 0.0652. The quantitative estimate of drug-likeness (QED) is 0.921. The zero-order valence-electron chi connectivity index (χ0n) is 9.75. The molecule has 0 aliphatic rings. The lowest BCUT2D eigenvalue weighted by Crippen LogP contribution is -2.02. The van der Waals surface area contributed by atoms with Crippen LogP contribution in [0.2, 0.25) is 0 Å². The molecule has 94 valence electrons. The first-order chi connectivity index (χ1) is 8.58. The zero-order valence-corrected chi connectivity index (χ0v) is 10.6. The zero-order chi connectivity index (χ0) is 13.1. The van der Waals surface area contributed by atoms with Gasteiger partial charge in [0.1, 0.15) is 11.3 Å². The van der Waals surface area contributed by atoms with E-state index >= 15 is 0 Å². The van der Waals surface area contributed by atoms with Crippen LogP contribution in [-0.2, 0) is 16.6 Å². The second-order valence-corrected chi connectivity index (χ2v) is 5.32. The molecule has 1 N–H and O–H groups in total. The molecule has 0 fully saturated rings. The second-order valence-electron chi connectivity index (χ2n) is 3.87. The SMILES string of the molecule is Cc1ccc(S(=O)Cc2occc2C(=O)O)cc1. The molecule has 0 aliphatic heterocycles. The number of carboxylic acid groups (broad SMARTS) is 1. The molecule has 1 heterocycles. The predicted octanol–water partition coefficient (Wildman–Crippen LogP) is 2.59. The Hall–Kier alpha value is -1.88. The monoisotopic (exact) mass is 264 g/mol. The molecule has 0 saturated carbocycles. The van der Waals surface area contributed by atoms with Crippen LogP contribution in [0.5, 0.6) is 0 Å². The average molecular weight is 264 g/mol. The largest absolute Gasteiger partial charge is 0.478 e. The minimum Gasteiger partial charge on any atom is -0.478 e. The summed E-state index contributed by atoms with van der Waals surface area (Å²) in [5.74, 6) is -0.765. The van der Waals surface area contributed by atoms with E-state index in [2.05, 4.69) is 0 Å². The fourth-order valence-corrected chi connectivity index (χ4v) is 2.60. The highest BCUT2D eigenvalue weighted by Gasteiger charge is 2.16. The van der Waals surface area contributed by atoms with Gasteiger partial charge in [0.15, 0.2) is 0 Å². The summed E-state index contributed by atoms with van der Waals surface area (Å²) in [6.45, 7) is 1.95. The van der Waals surface area contributed by atoms with Gasteiger partial charge in [0, 0.05) is 4.90 Å². The molecule has 1 aromatic carbocycles. The normalized spacial score (nSPS) is 12.3. The van der Waals surface area contributed by atoms with Crippen molar-refractivity contribution in [3.05, 3.63) is 53.5 Å². The lowest BCUT2D eigenvalue weighted by molar-refractivity contribution is 0.0695. The Morgan fingerprint density at radius 3 is 2.56 bits per heavy atom. The van der Waals surface area contributed by atoms with Gasteiger partial charge in [0.05, 0.1) is 22.8 Å². The van der Waals surface area contributed by atoms with Gasteiger partial charge >= 0.3 is 5.97 Å². The van der Waals surface area contributed by atoms with Crippen molar-refractivity contribution in [3.63, 3.8) is 0 Å². The summed E-state index contributed by atoms with van der Waals surface area (Å²) in [4.78, 5) is 11.5. The van der Waals surface area contributed by atoms with Crippen molar-refractivity contribution in [3.8, 4) is 0 Å². The van der Waals surface area contributed by atoms with Crippen molar-refractivity contribution in [2.45, 2.75) is 17.6 Å². The van der Waals surface area contributed by atoms with Gasteiger partial charge in [0.2, 0.25) is 0 Å². The van der Waals surface area contributed by atoms with E-state index in [9.17, 15) is 9.00 Å². The van der Waals surface area contributed by atoms with E-state index < -0.39 is 16.8 Å². The van der Waals surface area contributed by atoms with Gasteiger partial charge in [-0.2, -0.15) is 0 Å². The lowest BCUT2D eigenvalue weighted by atomic mass is 10.2. The maximum Gasteiger partial charge on any atom is 0.339 e. The third-order valence-electron chi connectivity index (χ3n) is 2.52. The van der Waals surface area contributed by atoms with E-state index in [-0.39, 0.29) is 17.1 Å². The Morgan fingerprint density at radius 1 is 1.28 bits per heavy atom. The van der Waals surface area contributed by atoms with E-state index in [1.807, 2.05) is 19.1 Å². The second kappa shape index (κ2) is 5.18. The summed E-state index contributed by atoms with van der Waals surface area (Å²) in [6.07, 6.45) is 1.30. The molecule has 4 nitrogen and oxygen atoms in total. The van der Waals surface area contributed by atoms with Gasteiger partial charge in [-0.3, -0.25) is 4.21 Å². The van der Waals surface area contributed by atoms with Gasteiger partial charge in [-0.05, 0) is 25.1 Å². The molecule has 1 aromatic heterocycles. The summed E-state index contributed by atoms with van der Waals surface area (Å²) in [6, 6.07) is 8.65. The third-order valence-corrected chi connectivity index (χ3v) is 3.84. The molecular formula is C13H12O4S. The first-order valence-electron chi connectivity index (χ1n) is 5.32. The number of hydrogen-bond acceptors (Lipinski definition) is 3. The van der Waals surface area contributed by atoms with Crippen LogP contribution in [0.25, 0.3) is 0 Å². The fraction of sp³-hybridized carbons (Fsp3) is 0.154. The molecule has 5 heteroatoms. The highest BCUT2D eigenvalue weighted by Crippen LogP contribution is 2.17. The molecule has 0 spiro atoms. The summed E-state index contributed by atoms with van der Waals surface area (Å²) in [5, 5.41) is 8.92. The number of benzene rings is 1. The summed E-state index contributed by atoms with van der Waals surface area (Å²) in [5.41, 5.74) is 1.15. The standard InChI is InChI=1S/C13H12O4S/c1-9-2-4-10(5-3-9)18(16)8-12-11(13(14)15)6-7-17-12/h2-7H,8H2,1H3,(H,14,15). The van der Waals surface area contributed by atoms with Gasteiger partial charge < -0.3 is 9.52 Å². The van der Waals surface area contributed by atoms with Crippen molar-refractivity contribution in [1.29, 1.82) is 0 Å². The minimum atomic E-state index is -1.30. The molecule has 0 amide bonds. The predicted molar refractivity (Wildman–Crippen MR) is 67.0 cm³/mol. The summed E-state index contributed by atoms with van der Waals surface area (Å²) in [7, 11) is -1.30. The van der Waals surface area contributed by atoms with E-state index in [1.165, 1.54) is 12.3 Å². The van der Waals surface area contributed by atoms with Gasteiger partial charge in [-0.15, -0.1) is 0 Å². The number of aromatic carboxylic acids is 1. The molecular weight excluding hydrogens is 252 g/mol. The van der Waals surface area contributed by atoms with E-state index in [4.69, 9.17) is 9.52 Å². The Bertz CT molecular complexity index is 583. The Morgan fingerprint density at radius 2 is 1.94 bits per heavy atom. The number of rotatable bonds is 4. The van der Waals surface area contributed by atoms with Crippen LogP contribution in [0, 0.1) is 6.92 Å². The van der Waals surface area contributed by atoms with Crippen LogP contribution in [-0.4, -0.2) is 15.3 Å². The highest BCUT2D eigenvalue weighted by atomic mass is 32.2.